The number of hydrogen-bond donors (Lipinski definition) is 2. The molecule has 0 aliphatic heterocycles. The van der Waals surface area contributed by atoms with Gasteiger partial charge in [0.05, 0.1) is 0 Å². The first-order chi connectivity index (χ1) is 6.91. The van der Waals surface area contributed by atoms with E-state index in [-0.39, 0.29) is 0 Å². The van der Waals surface area contributed by atoms with Crippen LogP contribution in [-0.4, -0.2) is 41.2 Å². The van der Waals surface area contributed by atoms with Gasteiger partial charge in [-0.3, -0.25) is 0 Å². The highest BCUT2D eigenvalue weighted by atomic mass is 16.6. The molecule has 0 aromatic carbocycles. The average Bonchev–Trinajstić information content (AvgIpc) is 2.22. The van der Waals surface area contributed by atoms with E-state index in [0.717, 1.165) is 12.2 Å². The summed E-state index contributed by atoms with van der Waals surface area (Å²) in [6.07, 6.45) is 1.73. The van der Waals surface area contributed by atoms with Gasteiger partial charge >= 0.3 is 11.9 Å². The molecule has 0 atom stereocenters. The highest BCUT2D eigenvalue weighted by molar-refractivity contribution is 5.81. The number of hydrogen-bond acceptors (Lipinski definition) is 6. The molecule has 6 nitrogen and oxygen atoms in total. The molecule has 0 saturated carbocycles. The van der Waals surface area contributed by atoms with Crippen LogP contribution >= 0.6 is 0 Å². The molecule has 0 rings (SSSR count). The predicted molar refractivity (Wildman–Crippen MR) is 49.5 cm³/mol. The first-order valence-corrected chi connectivity index (χ1v) is 3.94. The number of carbonyl (C=O) groups excluding carboxylic acids is 2. The third-order valence-corrected chi connectivity index (χ3v) is 1.22. The van der Waals surface area contributed by atoms with Crippen molar-refractivity contribution in [3.63, 3.8) is 0 Å². The van der Waals surface area contributed by atoms with Crippen molar-refractivity contribution in [2.24, 2.45) is 0 Å². The number of esters is 2. The summed E-state index contributed by atoms with van der Waals surface area (Å²) in [5.74, 6) is -4.04. The zero-order chi connectivity index (χ0) is 11.9. The fourth-order valence-electron chi connectivity index (χ4n) is 0.533. The van der Waals surface area contributed by atoms with Crippen LogP contribution in [0.1, 0.15) is 0 Å². The van der Waals surface area contributed by atoms with Crippen molar-refractivity contribution in [2.45, 2.75) is 5.79 Å². The van der Waals surface area contributed by atoms with Crippen LogP contribution in [0.5, 0.6) is 0 Å². The van der Waals surface area contributed by atoms with Crippen LogP contribution < -0.4 is 0 Å². The minimum absolute atomic E-state index is 0.720. The van der Waals surface area contributed by atoms with E-state index in [4.69, 9.17) is 10.2 Å². The molecule has 15 heavy (non-hydrogen) atoms. The molecule has 0 heterocycles. The Morgan fingerprint density at radius 1 is 1.07 bits per heavy atom. The Bertz CT molecular complexity index is 242. The van der Waals surface area contributed by atoms with Crippen LogP contribution in [-0.2, 0) is 19.1 Å². The summed E-state index contributed by atoms with van der Waals surface area (Å²) in [5.41, 5.74) is 0. The molecule has 0 saturated heterocycles. The lowest BCUT2D eigenvalue weighted by Gasteiger charge is -2.20. The van der Waals surface area contributed by atoms with Crippen LogP contribution in [0.4, 0.5) is 0 Å². The van der Waals surface area contributed by atoms with E-state index in [1.807, 2.05) is 0 Å². The SMILES string of the molecule is C=CC(=O)OCC(O)(O)COC(=O)C=C. The van der Waals surface area contributed by atoms with Gasteiger partial charge in [0.25, 0.3) is 0 Å². The number of ether oxygens (including phenoxy) is 2. The monoisotopic (exact) mass is 216 g/mol. The Labute approximate surface area is 86.4 Å². The first-order valence-electron chi connectivity index (χ1n) is 3.94. The van der Waals surface area contributed by atoms with E-state index >= 15 is 0 Å². The summed E-state index contributed by atoms with van der Waals surface area (Å²) < 4.78 is 8.70. The first kappa shape index (κ1) is 13.3. The summed E-state index contributed by atoms with van der Waals surface area (Å²) in [4.78, 5) is 21.1. The maximum atomic E-state index is 10.6. The Morgan fingerprint density at radius 2 is 1.40 bits per heavy atom. The highest BCUT2D eigenvalue weighted by Crippen LogP contribution is 2.02. The quantitative estimate of drug-likeness (QED) is 0.340. The summed E-state index contributed by atoms with van der Waals surface area (Å²) in [6.45, 7) is 4.78. The second kappa shape index (κ2) is 5.94. The molecular weight excluding hydrogens is 204 g/mol. The van der Waals surface area contributed by atoms with Gasteiger partial charge in [0.1, 0.15) is 13.2 Å². The molecule has 0 bridgehead atoms. The van der Waals surface area contributed by atoms with Crippen molar-refractivity contribution in [3.8, 4) is 0 Å². The van der Waals surface area contributed by atoms with Crippen LogP contribution in [0.15, 0.2) is 25.3 Å². The molecule has 0 spiro atoms. The molecule has 0 unspecified atom stereocenters. The second-order valence-corrected chi connectivity index (χ2v) is 2.61. The lowest BCUT2D eigenvalue weighted by Crippen LogP contribution is -2.40. The van der Waals surface area contributed by atoms with Crippen LogP contribution in [0, 0.1) is 0 Å². The maximum Gasteiger partial charge on any atom is 0.330 e. The van der Waals surface area contributed by atoms with Gasteiger partial charge in [-0.1, -0.05) is 13.2 Å². The molecular formula is C9H12O6. The smallest absolute Gasteiger partial charge is 0.330 e. The van der Waals surface area contributed by atoms with Crippen molar-refractivity contribution in [2.75, 3.05) is 13.2 Å². The topological polar surface area (TPSA) is 93.1 Å². The highest BCUT2D eigenvalue weighted by Gasteiger charge is 2.26. The summed E-state index contributed by atoms with van der Waals surface area (Å²) in [6, 6.07) is 0. The van der Waals surface area contributed by atoms with Gasteiger partial charge in [0, 0.05) is 12.2 Å². The largest absolute Gasteiger partial charge is 0.457 e. The van der Waals surface area contributed by atoms with Gasteiger partial charge in [-0.25, -0.2) is 9.59 Å². The lowest BCUT2D eigenvalue weighted by atomic mass is 10.3. The molecule has 6 heteroatoms. The van der Waals surface area contributed by atoms with Crippen molar-refractivity contribution in [3.05, 3.63) is 25.3 Å². The van der Waals surface area contributed by atoms with E-state index < -0.39 is 30.9 Å². The third kappa shape index (κ3) is 6.42. The average molecular weight is 216 g/mol. The number of rotatable bonds is 6. The van der Waals surface area contributed by atoms with Gasteiger partial charge in [0.2, 0.25) is 5.79 Å². The zero-order valence-corrected chi connectivity index (χ0v) is 8.01. The van der Waals surface area contributed by atoms with Crippen LogP contribution in [0.3, 0.4) is 0 Å². The fourth-order valence-corrected chi connectivity index (χ4v) is 0.533. The molecule has 0 radical (unpaired) electrons. The molecule has 0 aromatic heterocycles. The fraction of sp³-hybridized carbons (Fsp3) is 0.333. The molecule has 84 valence electrons. The molecule has 0 fully saturated rings. The Kier molecular flexibility index (Phi) is 5.29. The van der Waals surface area contributed by atoms with E-state index in [1.54, 1.807) is 0 Å². The number of aliphatic hydroxyl groups is 2. The van der Waals surface area contributed by atoms with Gasteiger partial charge in [-0.15, -0.1) is 0 Å². The van der Waals surface area contributed by atoms with Crippen molar-refractivity contribution in [1.29, 1.82) is 0 Å². The Balaban J connectivity index is 3.95. The van der Waals surface area contributed by atoms with E-state index in [2.05, 4.69) is 22.6 Å². The third-order valence-electron chi connectivity index (χ3n) is 1.22. The van der Waals surface area contributed by atoms with E-state index in [9.17, 15) is 9.59 Å². The second-order valence-electron chi connectivity index (χ2n) is 2.61. The van der Waals surface area contributed by atoms with Crippen molar-refractivity contribution in [1.82, 2.24) is 0 Å². The zero-order valence-electron chi connectivity index (χ0n) is 8.01. The Hall–Kier alpha value is -1.66. The maximum absolute atomic E-state index is 10.6. The van der Waals surface area contributed by atoms with Gasteiger partial charge < -0.3 is 19.7 Å². The molecule has 0 aromatic rings. The molecule has 0 amide bonds. The lowest BCUT2D eigenvalue weighted by molar-refractivity contribution is -0.223. The summed E-state index contributed by atoms with van der Waals surface area (Å²) >= 11 is 0. The molecule has 2 N–H and O–H groups in total. The van der Waals surface area contributed by atoms with E-state index in [1.165, 1.54) is 0 Å². The van der Waals surface area contributed by atoms with Crippen LogP contribution in [0.2, 0.25) is 0 Å². The van der Waals surface area contributed by atoms with Gasteiger partial charge in [-0.05, 0) is 0 Å². The normalized spacial score (nSPS) is 10.3. The minimum Gasteiger partial charge on any atom is -0.457 e. The minimum atomic E-state index is -2.42. The van der Waals surface area contributed by atoms with Crippen molar-refractivity contribution >= 4 is 11.9 Å². The number of carbonyl (C=O) groups is 2. The molecule has 0 aliphatic carbocycles. The van der Waals surface area contributed by atoms with Crippen LogP contribution in [0.25, 0.3) is 0 Å². The summed E-state index contributed by atoms with van der Waals surface area (Å²) in [5, 5.41) is 18.3. The molecule has 0 aliphatic rings. The van der Waals surface area contributed by atoms with Gasteiger partial charge in [-0.2, -0.15) is 0 Å². The summed E-state index contributed by atoms with van der Waals surface area (Å²) in [7, 11) is 0. The Morgan fingerprint density at radius 3 is 1.67 bits per heavy atom. The predicted octanol–water partition coefficient (Wildman–Crippen LogP) is -0.874. The standard InChI is InChI=1S/C9H12O6/c1-3-7(10)14-5-9(12,13)6-15-8(11)4-2/h3-4,12-13H,1-2,5-6H2. The van der Waals surface area contributed by atoms with Gasteiger partial charge in [0.15, 0.2) is 0 Å². The van der Waals surface area contributed by atoms with E-state index in [0.29, 0.717) is 0 Å². The van der Waals surface area contributed by atoms with Crippen molar-refractivity contribution < 1.29 is 29.3 Å².